The first-order chi connectivity index (χ1) is 16.1. The molecule has 34 heavy (non-hydrogen) atoms. The van der Waals surface area contributed by atoms with Crippen molar-refractivity contribution in [1.82, 2.24) is 19.8 Å². The van der Waals surface area contributed by atoms with E-state index in [4.69, 9.17) is 10.5 Å². The van der Waals surface area contributed by atoms with Gasteiger partial charge in [0.2, 0.25) is 0 Å². The zero-order valence-electron chi connectivity index (χ0n) is 20.3. The van der Waals surface area contributed by atoms with E-state index in [1.54, 1.807) is 12.1 Å². The monoisotopic (exact) mass is 471 g/mol. The van der Waals surface area contributed by atoms with Gasteiger partial charge in [0.25, 0.3) is 0 Å². The van der Waals surface area contributed by atoms with Crippen molar-refractivity contribution in [3.8, 4) is 5.69 Å². The van der Waals surface area contributed by atoms with E-state index < -0.39 is 11.3 Å². The topological polar surface area (TPSA) is 102 Å². The molecule has 4 atom stereocenters. The molecule has 1 aliphatic heterocycles. The molecule has 2 fully saturated rings. The summed E-state index contributed by atoms with van der Waals surface area (Å²) in [6, 6.07) is 6.62. The van der Waals surface area contributed by atoms with Crippen LogP contribution in [0.15, 0.2) is 35.3 Å². The summed E-state index contributed by atoms with van der Waals surface area (Å²) in [4.78, 5) is 30.1. The van der Waals surface area contributed by atoms with Crippen LogP contribution in [0.1, 0.15) is 39.7 Å². The summed E-state index contributed by atoms with van der Waals surface area (Å²) in [6.45, 7) is 10.3. The van der Waals surface area contributed by atoms with Gasteiger partial charge >= 0.3 is 11.8 Å². The Kier molecular flexibility index (Phi) is 6.66. The van der Waals surface area contributed by atoms with E-state index in [0.29, 0.717) is 42.0 Å². The highest BCUT2D eigenvalue weighted by atomic mass is 19.1. The second-order valence-corrected chi connectivity index (χ2v) is 10.4. The SMILES string of the molecule is CCC(Cc1ccc(-n2ccc(N)nc2=O)cc1F)N1C[C@@H]2[C@@H](CNC(=O)OC(C)(C)C)[C@@H]2C1. The van der Waals surface area contributed by atoms with Crippen LogP contribution in [-0.2, 0) is 11.2 Å². The molecule has 9 heteroatoms. The van der Waals surface area contributed by atoms with Gasteiger partial charge in [-0.25, -0.2) is 14.0 Å². The van der Waals surface area contributed by atoms with E-state index in [9.17, 15) is 14.0 Å². The number of rotatable bonds is 7. The third-order valence-electron chi connectivity index (χ3n) is 6.86. The van der Waals surface area contributed by atoms with Gasteiger partial charge in [0, 0.05) is 31.9 Å². The number of piperidine rings is 1. The standard InChI is InChI=1S/C25H34FN5O3/c1-5-16(30-13-19-18(20(19)14-30)12-28-24(33)34-25(2,3)4)10-15-6-7-17(11-21(15)26)31-9-8-22(27)29-23(31)32/h6-9,11,16,18-20H,5,10,12-14H2,1-4H3,(H,28,33)(H2,27,29,32)/t16?,18-,19-,20+. The van der Waals surface area contributed by atoms with Crippen molar-refractivity contribution < 1.29 is 13.9 Å². The zero-order valence-corrected chi connectivity index (χ0v) is 20.3. The van der Waals surface area contributed by atoms with Crippen LogP contribution < -0.4 is 16.7 Å². The summed E-state index contributed by atoms with van der Waals surface area (Å²) in [5, 5.41) is 2.90. The van der Waals surface area contributed by atoms with Crippen molar-refractivity contribution >= 4 is 11.9 Å². The molecule has 2 aromatic rings. The molecule has 1 aliphatic carbocycles. The number of likely N-dealkylation sites (tertiary alicyclic amines) is 1. The molecule has 1 aromatic carbocycles. The molecule has 1 amide bonds. The van der Waals surface area contributed by atoms with Crippen molar-refractivity contribution in [2.24, 2.45) is 17.8 Å². The van der Waals surface area contributed by atoms with Crippen molar-refractivity contribution in [1.29, 1.82) is 0 Å². The Bertz CT molecular complexity index is 1100. The maximum Gasteiger partial charge on any atom is 0.407 e. The van der Waals surface area contributed by atoms with Gasteiger partial charge in [0.05, 0.1) is 5.69 Å². The second kappa shape index (κ2) is 9.37. The lowest BCUT2D eigenvalue weighted by Gasteiger charge is -2.29. The predicted molar refractivity (Wildman–Crippen MR) is 128 cm³/mol. The fourth-order valence-electron chi connectivity index (χ4n) is 5.05. The summed E-state index contributed by atoms with van der Waals surface area (Å²) in [5.41, 5.74) is 5.56. The molecular weight excluding hydrogens is 437 g/mol. The second-order valence-electron chi connectivity index (χ2n) is 10.4. The number of hydrogen-bond donors (Lipinski definition) is 2. The Balaban J connectivity index is 1.32. The number of alkyl carbamates (subject to hydrolysis) is 1. The fraction of sp³-hybridized carbons (Fsp3) is 0.560. The van der Waals surface area contributed by atoms with Crippen LogP contribution in [-0.4, -0.2) is 51.8 Å². The lowest BCUT2D eigenvalue weighted by atomic mass is 10.0. The molecule has 8 nitrogen and oxygen atoms in total. The Hall–Kier alpha value is -2.94. The van der Waals surface area contributed by atoms with Crippen molar-refractivity contribution in [3.05, 3.63) is 52.3 Å². The number of amides is 1. The van der Waals surface area contributed by atoms with Gasteiger partial charge < -0.3 is 15.8 Å². The molecule has 1 saturated carbocycles. The molecule has 1 saturated heterocycles. The lowest BCUT2D eigenvalue weighted by Crippen LogP contribution is -2.39. The van der Waals surface area contributed by atoms with Crippen LogP contribution in [0.5, 0.6) is 0 Å². The highest BCUT2D eigenvalue weighted by Gasteiger charge is 2.56. The average molecular weight is 472 g/mol. The summed E-state index contributed by atoms with van der Waals surface area (Å²) < 4.78 is 21.5. The van der Waals surface area contributed by atoms with Crippen molar-refractivity contribution in [2.45, 2.75) is 52.2 Å². The number of carbonyl (C=O) groups is 1. The number of fused-ring (bicyclic) bond motifs is 1. The maximum atomic E-state index is 14.9. The number of halogens is 1. The smallest absolute Gasteiger partial charge is 0.407 e. The Morgan fingerprint density at radius 3 is 2.59 bits per heavy atom. The Morgan fingerprint density at radius 1 is 1.29 bits per heavy atom. The van der Waals surface area contributed by atoms with Crippen molar-refractivity contribution in [3.63, 3.8) is 0 Å². The van der Waals surface area contributed by atoms with Crippen LogP contribution >= 0.6 is 0 Å². The van der Waals surface area contributed by atoms with Crippen LogP contribution in [0.2, 0.25) is 0 Å². The molecule has 184 valence electrons. The largest absolute Gasteiger partial charge is 0.444 e. The molecular formula is C25H34FN5O3. The van der Waals surface area contributed by atoms with Gasteiger partial charge in [-0.2, -0.15) is 4.98 Å². The molecule has 0 spiro atoms. The number of ether oxygens (including phenoxy) is 1. The quantitative estimate of drug-likeness (QED) is 0.644. The third kappa shape index (κ3) is 5.41. The van der Waals surface area contributed by atoms with Gasteiger partial charge in [-0.15, -0.1) is 0 Å². The van der Waals surface area contributed by atoms with E-state index in [0.717, 1.165) is 19.5 Å². The van der Waals surface area contributed by atoms with E-state index in [-0.39, 0.29) is 23.8 Å². The number of benzene rings is 1. The highest BCUT2D eigenvalue weighted by molar-refractivity contribution is 5.67. The molecule has 0 radical (unpaired) electrons. The summed E-state index contributed by atoms with van der Waals surface area (Å²) >= 11 is 0. The minimum atomic E-state index is -0.536. The molecule has 0 bridgehead atoms. The number of aromatic nitrogens is 2. The zero-order chi connectivity index (χ0) is 24.6. The lowest BCUT2D eigenvalue weighted by molar-refractivity contribution is 0.0521. The molecule has 2 heterocycles. The van der Waals surface area contributed by atoms with E-state index in [1.165, 1.54) is 22.9 Å². The minimum Gasteiger partial charge on any atom is -0.444 e. The molecule has 1 unspecified atom stereocenters. The van der Waals surface area contributed by atoms with E-state index in [1.807, 2.05) is 20.8 Å². The van der Waals surface area contributed by atoms with E-state index >= 15 is 0 Å². The van der Waals surface area contributed by atoms with Gasteiger partial charge in [-0.3, -0.25) is 9.47 Å². The van der Waals surface area contributed by atoms with Crippen molar-refractivity contribution in [2.75, 3.05) is 25.4 Å². The van der Waals surface area contributed by atoms with E-state index in [2.05, 4.69) is 22.1 Å². The molecule has 1 aromatic heterocycles. The third-order valence-corrected chi connectivity index (χ3v) is 6.86. The molecule has 4 rings (SSSR count). The minimum absolute atomic E-state index is 0.135. The Labute approximate surface area is 199 Å². The van der Waals surface area contributed by atoms with Crippen LogP contribution in [0.4, 0.5) is 15.0 Å². The first-order valence-electron chi connectivity index (χ1n) is 11.9. The molecule has 3 N–H and O–H groups in total. The van der Waals surface area contributed by atoms with Gasteiger partial charge in [-0.1, -0.05) is 13.0 Å². The number of nitrogen functional groups attached to an aromatic ring is 1. The number of nitrogens with one attached hydrogen (secondary N) is 1. The predicted octanol–water partition coefficient (Wildman–Crippen LogP) is 2.98. The van der Waals surface area contributed by atoms with Gasteiger partial charge in [-0.05, 0) is 75.1 Å². The normalized spacial score (nSPS) is 22.8. The number of nitrogens with zero attached hydrogens (tertiary/aromatic N) is 3. The number of anilines is 1. The molecule has 2 aliphatic rings. The number of hydrogen-bond acceptors (Lipinski definition) is 6. The van der Waals surface area contributed by atoms with Crippen LogP contribution in [0.3, 0.4) is 0 Å². The Morgan fingerprint density at radius 2 is 2.00 bits per heavy atom. The van der Waals surface area contributed by atoms with Gasteiger partial charge in [0.15, 0.2) is 0 Å². The number of carbonyl (C=O) groups excluding carboxylic acids is 1. The highest BCUT2D eigenvalue weighted by Crippen LogP contribution is 2.52. The fourth-order valence-corrected chi connectivity index (χ4v) is 5.05. The summed E-state index contributed by atoms with van der Waals surface area (Å²) in [7, 11) is 0. The van der Waals surface area contributed by atoms with Crippen LogP contribution in [0.25, 0.3) is 5.69 Å². The average Bonchev–Trinajstić information content (AvgIpc) is 3.19. The van der Waals surface area contributed by atoms with Gasteiger partial charge in [0.1, 0.15) is 17.2 Å². The maximum absolute atomic E-state index is 14.9. The first-order valence-corrected chi connectivity index (χ1v) is 11.9. The summed E-state index contributed by atoms with van der Waals surface area (Å²) in [5.74, 6) is 1.44. The first kappa shape index (κ1) is 24.2. The van der Waals surface area contributed by atoms with Crippen LogP contribution in [0, 0.1) is 23.6 Å². The number of nitrogens with two attached hydrogens (primary N) is 1. The summed E-state index contributed by atoms with van der Waals surface area (Å²) in [6.07, 6.45) is 2.66.